The second-order valence-electron chi connectivity index (χ2n) is 3.93. The summed E-state index contributed by atoms with van der Waals surface area (Å²) in [4.78, 5) is 13.6. The van der Waals surface area contributed by atoms with Gasteiger partial charge in [-0.2, -0.15) is 5.26 Å². The number of benzene rings is 1. The van der Waals surface area contributed by atoms with E-state index >= 15 is 0 Å². The summed E-state index contributed by atoms with van der Waals surface area (Å²) in [6.07, 6.45) is 0. The van der Waals surface area contributed by atoms with E-state index in [-0.39, 0.29) is 11.9 Å². The van der Waals surface area contributed by atoms with Gasteiger partial charge in [-0.1, -0.05) is 18.2 Å². The summed E-state index contributed by atoms with van der Waals surface area (Å²) in [6.45, 7) is 3.85. The summed E-state index contributed by atoms with van der Waals surface area (Å²) in [7, 11) is 0. The molecule has 0 bridgehead atoms. The normalized spacial score (nSPS) is 19.2. The lowest BCUT2D eigenvalue weighted by atomic mass is 10.1. The van der Waals surface area contributed by atoms with Crippen molar-refractivity contribution in [2.24, 2.45) is 0 Å². The summed E-state index contributed by atoms with van der Waals surface area (Å²) in [5.74, 6) is -0.0350. The van der Waals surface area contributed by atoms with Crippen molar-refractivity contribution in [1.29, 1.82) is 5.26 Å². The lowest BCUT2D eigenvalue weighted by Crippen LogP contribution is -2.33. The fourth-order valence-corrected chi connectivity index (χ4v) is 2.00. The molecular formula is C12H12N2O. The van der Waals surface area contributed by atoms with Crippen molar-refractivity contribution in [3.63, 3.8) is 0 Å². The van der Waals surface area contributed by atoms with E-state index in [1.807, 2.05) is 32.0 Å². The third-order valence-electron chi connectivity index (χ3n) is 2.68. The van der Waals surface area contributed by atoms with Gasteiger partial charge in [0.2, 0.25) is 0 Å². The number of nitriles is 1. The molecule has 0 fully saturated rings. The zero-order chi connectivity index (χ0) is 11.0. The number of hydrogen-bond donors (Lipinski definition) is 0. The quantitative estimate of drug-likeness (QED) is 0.697. The van der Waals surface area contributed by atoms with Crippen LogP contribution in [0.25, 0.3) is 0 Å². The van der Waals surface area contributed by atoms with Gasteiger partial charge in [0.1, 0.15) is 6.04 Å². The molecule has 15 heavy (non-hydrogen) atoms. The minimum Gasteiger partial charge on any atom is -0.316 e. The molecular weight excluding hydrogens is 188 g/mol. The fraction of sp³-hybridized carbons (Fsp3) is 0.333. The SMILES string of the molecule is CC(C)N1C(=O)c2ccccc2C1C#N. The van der Waals surface area contributed by atoms with E-state index in [9.17, 15) is 4.79 Å². The Balaban J connectivity index is 2.55. The van der Waals surface area contributed by atoms with Crippen LogP contribution in [0.4, 0.5) is 0 Å². The number of carbonyl (C=O) groups excluding carboxylic acids is 1. The highest BCUT2D eigenvalue weighted by molar-refractivity contribution is 5.99. The number of nitrogens with zero attached hydrogens (tertiary/aromatic N) is 2. The Bertz CT molecular complexity index is 445. The van der Waals surface area contributed by atoms with E-state index in [0.717, 1.165) is 5.56 Å². The second-order valence-corrected chi connectivity index (χ2v) is 3.93. The summed E-state index contributed by atoms with van der Waals surface area (Å²) in [5.41, 5.74) is 1.50. The topological polar surface area (TPSA) is 44.1 Å². The summed E-state index contributed by atoms with van der Waals surface area (Å²) < 4.78 is 0. The highest BCUT2D eigenvalue weighted by atomic mass is 16.2. The molecule has 1 amide bonds. The van der Waals surface area contributed by atoms with Crippen LogP contribution in [0.1, 0.15) is 35.8 Å². The molecule has 1 unspecified atom stereocenters. The molecule has 3 nitrogen and oxygen atoms in total. The van der Waals surface area contributed by atoms with Gasteiger partial charge in [-0.25, -0.2) is 0 Å². The maximum absolute atomic E-state index is 12.0. The molecule has 2 rings (SSSR count). The van der Waals surface area contributed by atoms with Gasteiger partial charge in [0.15, 0.2) is 0 Å². The van der Waals surface area contributed by atoms with Crippen molar-refractivity contribution in [3.05, 3.63) is 35.4 Å². The van der Waals surface area contributed by atoms with Gasteiger partial charge in [0, 0.05) is 17.2 Å². The van der Waals surface area contributed by atoms with E-state index in [0.29, 0.717) is 5.56 Å². The molecule has 0 radical (unpaired) electrons. The van der Waals surface area contributed by atoms with Crippen LogP contribution in [0.5, 0.6) is 0 Å². The van der Waals surface area contributed by atoms with Crippen LogP contribution in [0.15, 0.2) is 24.3 Å². The number of carbonyl (C=O) groups is 1. The zero-order valence-corrected chi connectivity index (χ0v) is 8.77. The van der Waals surface area contributed by atoms with E-state index in [1.54, 1.807) is 11.0 Å². The van der Waals surface area contributed by atoms with Crippen LogP contribution in [0.2, 0.25) is 0 Å². The lowest BCUT2D eigenvalue weighted by Gasteiger charge is -2.24. The molecule has 1 aromatic carbocycles. The third kappa shape index (κ3) is 1.30. The molecule has 0 aliphatic carbocycles. The summed E-state index contributed by atoms with van der Waals surface area (Å²) >= 11 is 0. The molecule has 3 heteroatoms. The Labute approximate surface area is 88.9 Å². The third-order valence-corrected chi connectivity index (χ3v) is 2.68. The van der Waals surface area contributed by atoms with Crippen molar-refractivity contribution < 1.29 is 4.79 Å². The van der Waals surface area contributed by atoms with Crippen LogP contribution in [-0.2, 0) is 0 Å². The van der Waals surface area contributed by atoms with Crippen LogP contribution in [-0.4, -0.2) is 16.8 Å². The maximum Gasteiger partial charge on any atom is 0.255 e. The first-order valence-electron chi connectivity index (χ1n) is 4.98. The highest BCUT2D eigenvalue weighted by Gasteiger charge is 2.37. The maximum atomic E-state index is 12.0. The minimum atomic E-state index is -0.423. The number of fused-ring (bicyclic) bond motifs is 1. The smallest absolute Gasteiger partial charge is 0.255 e. The average molecular weight is 200 g/mol. The van der Waals surface area contributed by atoms with Gasteiger partial charge >= 0.3 is 0 Å². The Morgan fingerprint density at radius 3 is 2.67 bits per heavy atom. The first-order chi connectivity index (χ1) is 7.16. The number of hydrogen-bond acceptors (Lipinski definition) is 2. The molecule has 1 heterocycles. The Hall–Kier alpha value is -1.82. The van der Waals surface area contributed by atoms with Crippen LogP contribution >= 0.6 is 0 Å². The molecule has 0 saturated carbocycles. The molecule has 0 aromatic heterocycles. The molecule has 0 N–H and O–H groups in total. The van der Waals surface area contributed by atoms with Crippen LogP contribution in [0, 0.1) is 11.3 Å². The molecule has 1 aliphatic heterocycles. The first-order valence-corrected chi connectivity index (χ1v) is 4.98. The summed E-state index contributed by atoms with van der Waals surface area (Å²) in [6, 6.07) is 9.14. The summed E-state index contributed by atoms with van der Waals surface area (Å²) in [5, 5.41) is 9.11. The fourth-order valence-electron chi connectivity index (χ4n) is 2.00. The number of amides is 1. The van der Waals surface area contributed by atoms with Crippen molar-refractivity contribution in [2.75, 3.05) is 0 Å². The molecule has 1 atom stereocenters. The highest BCUT2D eigenvalue weighted by Crippen LogP contribution is 2.34. The van der Waals surface area contributed by atoms with Gasteiger partial charge < -0.3 is 4.90 Å². The predicted molar refractivity (Wildman–Crippen MR) is 56.1 cm³/mol. The van der Waals surface area contributed by atoms with Crippen LogP contribution < -0.4 is 0 Å². The van der Waals surface area contributed by atoms with Crippen molar-refractivity contribution >= 4 is 5.91 Å². The zero-order valence-electron chi connectivity index (χ0n) is 8.77. The standard InChI is InChI=1S/C12H12N2O/c1-8(2)14-11(7-13)9-5-3-4-6-10(9)12(14)15/h3-6,8,11H,1-2H3. The number of rotatable bonds is 1. The Morgan fingerprint density at radius 2 is 2.07 bits per heavy atom. The average Bonchev–Trinajstić information content (AvgIpc) is 2.52. The van der Waals surface area contributed by atoms with Gasteiger partial charge in [-0.05, 0) is 19.9 Å². The molecule has 76 valence electrons. The Kier molecular flexibility index (Phi) is 2.20. The van der Waals surface area contributed by atoms with Gasteiger partial charge in [-0.15, -0.1) is 0 Å². The molecule has 1 aliphatic rings. The van der Waals surface area contributed by atoms with Gasteiger partial charge in [-0.3, -0.25) is 4.79 Å². The van der Waals surface area contributed by atoms with Crippen molar-refractivity contribution in [2.45, 2.75) is 25.9 Å². The molecule has 1 aromatic rings. The van der Waals surface area contributed by atoms with Gasteiger partial charge in [0.05, 0.1) is 6.07 Å². The molecule has 0 spiro atoms. The minimum absolute atomic E-state index is 0.0350. The monoisotopic (exact) mass is 200 g/mol. The second kappa shape index (κ2) is 3.39. The van der Waals surface area contributed by atoms with Crippen molar-refractivity contribution in [1.82, 2.24) is 4.90 Å². The van der Waals surface area contributed by atoms with E-state index in [4.69, 9.17) is 5.26 Å². The predicted octanol–water partition coefficient (Wildman–Crippen LogP) is 2.12. The Morgan fingerprint density at radius 1 is 1.40 bits per heavy atom. The largest absolute Gasteiger partial charge is 0.316 e. The first kappa shape index (κ1) is 9.72. The lowest BCUT2D eigenvalue weighted by molar-refractivity contribution is 0.0704. The van der Waals surface area contributed by atoms with E-state index < -0.39 is 6.04 Å². The van der Waals surface area contributed by atoms with Crippen molar-refractivity contribution in [3.8, 4) is 6.07 Å². The van der Waals surface area contributed by atoms with Gasteiger partial charge in [0.25, 0.3) is 5.91 Å². The van der Waals surface area contributed by atoms with E-state index in [1.165, 1.54) is 0 Å². The molecule has 0 saturated heterocycles. The van der Waals surface area contributed by atoms with Crippen LogP contribution in [0.3, 0.4) is 0 Å². The van der Waals surface area contributed by atoms with E-state index in [2.05, 4.69) is 6.07 Å².